The highest BCUT2D eigenvalue weighted by atomic mass is 32.2. The second-order valence-electron chi connectivity index (χ2n) is 18.8. The third-order valence-corrected chi connectivity index (χ3v) is 14.9. The summed E-state index contributed by atoms with van der Waals surface area (Å²) >= 11 is 0. The van der Waals surface area contributed by atoms with E-state index in [4.69, 9.17) is 27.4 Å². The van der Waals surface area contributed by atoms with Gasteiger partial charge in [0.1, 0.15) is 17.7 Å². The third-order valence-electron chi connectivity index (χ3n) is 12.1. The second kappa shape index (κ2) is 21.9. The Morgan fingerprint density at radius 1 is 0.553 bits per heavy atom. The predicted molar refractivity (Wildman–Crippen MR) is 301 cm³/mol. The van der Waals surface area contributed by atoms with Crippen molar-refractivity contribution in [1.29, 1.82) is 10.8 Å². The average Bonchev–Trinajstić information content (AvgIpc) is 3.41. The number of nitrogens with two attached hydrogens (primary N) is 3. The first-order valence-corrected chi connectivity index (χ1v) is 26.8. The van der Waals surface area contributed by atoms with Crippen molar-refractivity contribution in [3.8, 4) is 22.3 Å². The van der Waals surface area contributed by atoms with Crippen molar-refractivity contribution in [2.24, 2.45) is 16.6 Å². The number of carbonyl (C=O) groups is 2. The van der Waals surface area contributed by atoms with Gasteiger partial charge in [0.2, 0.25) is 25.7 Å². The molecule has 0 radical (unpaired) electrons. The van der Waals surface area contributed by atoms with Crippen LogP contribution in [0, 0.1) is 10.8 Å². The van der Waals surface area contributed by atoms with Crippen molar-refractivity contribution in [3.05, 3.63) is 229 Å². The van der Waals surface area contributed by atoms with E-state index in [1.54, 1.807) is 209 Å². The number of nitrogens with zero attached hydrogens (tertiary/aromatic N) is 1. The standard InChI is InChI=1S/C58H56N10O6S2/c1-57(2,3)67-76(73,74)51-27-13-11-25-49(51)39-28-32-44(33-29-39)64-52(40-16-6-4-7-17-40)55(69)68(47-23-15-19-42(37-47)54(61)62)58(43-20-8-5-9-21-43,56(70)65-46-22-14-18-41(36-46)53(59)60)66-45-34-30-38(31-35-45)48-24-10-12-26-50(48)75(63,71)72/h4-37,52,64,66-67H,1-3H3,(H3,59,60)(H3,61,62)(H,65,70)(H2,63,71,72). The van der Waals surface area contributed by atoms with Crippen LogP contribution in [0.5, 0.6) is 0 Å². The van der Waals surface area contributed by atoms with Crippen LogP contribution in [-0.2, 0) is 35.3 Å². The van der Waals surface area contributed by atoms with Crippen LogP contribution in [0.3, 0.4) is 0 Å². The zero-order valence-corrected chi connectivity index (χ0v) is 43.3. The van der Waals surface area contributed by atoms with Gasteiger partial charge in [-0.15, -0.1) is 0 Å². The normalized spacial score (nSPS) is 12.8. The number of nitrogen functional groups attached to an aromatic ring is 2. The lowest BCUT2D eigenvalue weighted by Crippen LogP contribution is -2.63. The molecule has 0 aliphatic carbocycles. The summed E-state index contributed by atoms with van der Waals surface area (Å²) < 4.78 is 55.5. The molecule has 2 atom stereocenters. The summed E-state index contributed by atoms with van der Waals surface area (Å²) in [5.74, 6) is -2.02. The molecule has 0 spiro atoms. The smallest absolute Gasteiger partial charge is 0.276 e. The van der Waals surface area contributed by atoms with Crippen molar-refractivity contribution in [3.63, 3.8) is 0 Å². The van der Waals surface area contributed by atoms with Crippen molar-refractivity contribution >= 4 is 66.3 Å². The Labute approximate surface area is 442 Å². The summed E-state index contributed by atoms with van der Waals surface area (Å²) in [6, 6.07) is 55.5. The molecule has 0 aliphatic rings. The fraction of sp³-hybridized carbons (Fsp3) is 0.103. The van der Waals surface area contributed by atoms with E-state index in [1.165, 1.54) is 23.1 Å². The summed E-state index contributed by atoms with van der Waals surface area (Å²) in [5, 5.41) is 32.2. The van der Waals surface area contributed by atoms with Crippen LogP contribution in [0.15, 0.2) is 216 Å². The van der Waals surface area contributed by atoms with Crippen LogP contribution >= 0.6 is 0 Å². The molecule has 0 aliphatic heterocycles. The first-order valence-electron chi connectivity index (χ1n) is 23.8. The van der Waals surface area contributed by atoms with E-state index in [9.17, 15) is 16.8 Å². The topological polar surface area (TPSA) is 280 Å². The molecule has 16 nitrogen and oxygen atoms in total. The molecule has 8 rings (SSSR count). The summed E-state index contributed by atoms with van der Waals surface area (Å²) in [4.78, 5) is 33.9. The van der Waals surface area contributed by atoms with Crippen LogP contribution in [-0.4, -0.2) is 45.9 Å². The zero-order valence-electron chi connectivity index (χ0n) is 41.7. The highest BCUT2D eigenvalue weighted by molar-refractivity contribution is 7.89. The van der Waals surface area contributed by atoms with Crippen molar-refractivity contribution in [1.82, 2.24) is 4.72 Å². The number of nitrogens with one attached hydrogen (secondary N) is 6. The summed E-state index contributed by atoms with van der Waals surface area (Å²) in [6.07, 6.45) is 0. The first-order chi connectivity index (χ1) is 36.1. The van der Waals surface area contributed by atoms with Gasteiger partial charge < -0.3 is 27.4 Å². The van der Waals surface area contributed by atoms with Gasteiger partial charge in [-0.2, -0.15) is 0 Å². The van der Waals surface area contributed by atoms with Crippen molar-refractivity contribution in [2.75, 3.05) is 20.9 Å². The van der Waals surface area contributed by atoms with Crippen LogP contribution < -0.4 is 42.2 Å². The molecule has 0 fully saturated rings. The molecule has 386 valence electrons. The third kappa shape index (κ3) is 11.9. The largest absolute Gasteiger partial charge is 0.384 e. The first kappa shape index (κ1) is 53.4. The number of amides is 2. The van der Waals surface area contributed by atoms with Gasteiger partial charge >= 0.3 is 0 Å². The lowest BCUT2D eigenvalue weighted by Gasteiger charge is -2.45. The van der Waals surface area contributed by atoms with Crippen LogP contribution in [0.1, 0.15) is 49.1 Å². The summed E-state index contributed by atoms with van der Waals surface area (Å²) in [6.45, 7) is 5.29. The Kier molecular flexibility index (Phi) is 15.4. The lowest BCUT2D eigenvalue weighted by atomic mass is 9.91. The van der Waals surface area contributed by atoms with E-state index < -0.39 is 49.1 Å². The monoisotopic (exact) mass is 1050 g/mol. The Morgan fingerprint density at radius 3 is 1.62 bits per heavy atom. The predicted octanol–water partition coefficient (Wildman–Crippen LogP) is 9.10. The molecule has 0 saturated carbocycles. The number of benzene rings is 8. The minimum absolute atomic E-state index is 0.0883. The number of rotatable bonds is 18. The maximum Gasteiger partial charge on any atom is 0.276 e. The van der Waals surface area contributed by atoms with E-state index in [-0.39, 0.29) is 44.0 Å². The van der Waals surface area contributed by atoms with Gasteiger partial charge in [0.05, 0.1) is 9.79 Å². The Bertz CT molecular complexity index is 3690. The number of amidine groups is 2. The molecule has 8 aromatic carbocycles. The van der Waals surface area contributed by atoms with Crippen LogP contribution in [0.4, 0.5) is 22.7 Å². The molecule has 8 aromatic rings. The molecule has 0 saturated heterocycles. The van der Waals surface area contributed by atoms with Crippen molar-refractivity contribution in [2.45, 2.75) is 47.8 Å². The Balaban J connectivity index is 1.33. The van der Waals surface area contributed by atoms with Gasteiger partial charge in [-0.3, -0.25) is 25.3 Å². The molecule has 76 heavy (non-hydrogen) atoms. The molecular weight excluding hydrogens is 997 g/mol. The molecule has 12 N–H and O–H groups in total. The summed E-state index contributed by atoms with van der Waals surface area (Å²) in [7, 11) is -8.09. The second-order valence-corrected chi connectivity index (χ2v) is 22.0. The molecule has 18 heteroatoms. The van der Waals surface area contributed by atoms with Gasteiger partial charge in [-0.1, -0.05) is 146 Å². The SMILES string of the molecule is CC(C)(C)NS(=O)(=O)c1ccccc1-c1ccc(NC(C(=O)N(c2cccc(C(=N)N)c2)C(Nc2ccc(-c3ccccc3S(N)(=O)=O)cc2)(C(=O)Nc2cccc(C(=N)N)c2)c2ccccc2)c2ccccc2)cc1. The van der Waals surface area contributed by atoms with E-state index in [1.807, 2.05) is 0 Å². The maximum atomic E-state index is 16.5. The quantitative estimate of drug-likeness (QED) is 0.0223. The van der Waals surface area contributed by atoms with E-state index in [0.29, 0.717) is 44.8 Å². The van der Waals surface area contributed by atoms with Gasteiger partial charge in [-0.05, 0) is 98.1 Å². The number of anilines is 4. The number of carbonyl (C=O) groups excluding carboxylic acids is 2. The highest BCUT2D eigenvalue weighted by Crippen LogP contribution is 2.41. The van der Waals surface area contributed by atoms with Gasteiger partial charge in [0.25, 0.3) is 11.8 Å². The number of primary sulfonamides is 1. The van der Waals surface area contributed by atoms with E-state index in [2.05, 4.69) is 20.7 Å². The van der Waals surface area contributed by atoms with Crippen LogP contribution in [0.2, 0.25) is 0 Å². The Morgan fingerprint density at radius 2 is 1.05 bits per heavy atom. The molecule has 2 amide bonds. The fourth-order valence-corrected chi connectivity index (χ4v) is 11.2. The molecular formula is C58H56N10O6S2. The minimum atomic E-state index is -4.14. The molecule has 0 aromatic heterocycles. The molecule has 0 bridgehead atoms. The van der Waals surface area contributed by atoms with Gasteiger partial charge in [0, 0.05) is 56.1 Å². The summed E-state index contributed by atoms with van der Waals surface area (Å²) in [5.41, 5.74) is 13.3. The zero-order chi connectivity index (χ0) is 54.4. The maximum absolute atomic E-state index is 16.5. The number of hydrogen-bond donors (Lipinski definition) is 9. The Hall–Kier alpha value is -8.94. The molecule has 2 unspecified atom stereocenters. The highest BCUT2D eigenvalue weighted by Gasteiger charge is 2.51. The average molecular weight is 1050 g/mol. The fourth-order valence-electron chi connectivity index (χ4n) is 8.78. The number of sulfonamides is 2. The lowest BCUT2D eigenvalue weighted by molar-refractivity contribution is -0.127. The molecule has 0 heterocycles. The van der Waals surface area contributed by atoms with E-state index >= 15 is 9.59 Å². The minimum Gasteiger partial charge on any atom is -0.384 e. The number of hydrogen-bond acceptors (Lipinski definition) is 10. The van der Waals surface area contributed by atoms with Crippen molar-refractivity contribution < 1.29 is 26.4 Å². The van der Waals surface area contributed by atoms with Gasteiger partial charge in [0.15, 0.2) is 0 Å². The van der Waals surface area contributed by atoms with Gasteiger partial charge in [-0.25, -0.2) is 26.7 Å². The van der Waals surface area contributed by atoms with Crippen LogP contribution in [0.25, 0.3) is 22.3 Å². The van der Waals surface area contributed by atoms with E-state index in [0.717, 1.165) is 0 Å².